The zero-order chi connectivity index (χ0) is 23.0. The van der Waals surface area contributed by atoms with Gasteiger partial charge in [-0.3, -0.25) is 0 Å². The van der Waals surface area contributed by atoms with Crippen molar-refractivity contribution in [1.82, 2.24) is 0 Å². The van der Waals surface area contributed by atoms with E-state index >= 15 is 0 Å². The van der Waals surface area contributed by atoms with Crippen LogP contribution in [-0.2, 0) is 9.59 Å². The fourth-order valence-electron chi connectivity index (χ4n) is 1.35. The minimum atomic E-state index is -3.70. The zero-order valence-electron chi connectivity index (χ0n) is 14.6. The van der Waals surface area contributed by atoms with Crippen molar-refractivity contribution in [2.75, 3.05) is 13.2 Å². The molecule has 0 aliphatic heterocycles. The van der Waals surface area contributed by atoms with Crippen LogP contribution in [0, 0.1) is 0 Å². The minimum absolute atomic E-state index is 0. The van der Waals surface area contributed by atoms with Crippen molar-refractivity contribution in [2.24, 2.45) is 0 Å². The average molecular weight is 462 g/mol. The normalized spacial score (nSPS) is 18.1. The molecule has 0 aliphatic rings. The number of aliphatic hydroxyl groups is 12. The molecule has 0 aliphatic carbocycles. The van der Waals surface area contributed by atoms with Crippen molar-refractivity contribution in [3.05, 3.63) is 0 Å². The summed E-state index contributed by atoms with van der Waals surface area (Å²) in [7, 11) is 0. The van der Waals surface area contributed by atoms with E-state index in [2.05, 4.69) is 0 Å². The van der Waals surface area contributed by atoms with Gasteiger partial charge in [-0.2, -0.15) is 0 Å². The van der Waals surface area contributed by atoms with Crippen LogP contribution in [0.1, 0.15) is 0 Å². The molecule has 0 amide bonds. The molecule has 0 bridgehead atoms. The van der Waals surface area contributed by atoms with Crippen molar-refractivity contribution >= 4 is 49.7 Å². The molecule has 0 aromatic heterocycles. The predicted octanol–water partition coefficient (Wildman–Crippen LogP) is -11.4. The van der Waals surface area contributed by atoms with Crippen LogP contribution in [0.3, 0.4) is 0 Å². The van der Waals surface area contributed by atoms with Crippen LogP contribution >= 0.6 is 0 Å². The number of hydrogen-bond donors (Lipinski definition) is 12. The molecule has 29 heavy (non-hydrogen) atoms. The maximum absolute atomic E-state index is 10.1. The predicted molar refractivity (Wildman–Crippen MR) is 80.3 cm³/mol. The Morgan fingerprint density at radius 3 is 1.00 bits per heavy atom. The summed E-state index contributed by atoms with van der Waals surface area (Å²) in [5.74, 6) is -12.3. The monoisotopic (exact) mass is 462 g/mol. The number of carbonyl (C=O) groups excluding carboxylic acids is 2. The molecule has 16 nitrogen and oxygen atoms in total. The molecule has 0 heterocycles. The smallest absolute Gasteiger partial charge is 0.544 e. The molecule has 0 aromatic rings. The van der Waals surface area contributed by atoms with Gasteiger partial charge in [-0.05, 0) is 0 Å². The summed E-state index contributed by atoms with van der Waals surface area (Å²) in [5, 5.41) is 124. The summed E-state index contributed by atoms with van der Waals surface area (Å²) in [6, 6.07) is 0. The van der Waals surface area contributed by atoms with E-state index < -0.39 is 73.4 Å². The fraction of sp³-hybridized carbons (Fsp3) is 0.833. The Bertz CT molecular complexity index is 454. The van der Waals surface area contributed by atoms with Gasteiger partial charge in [-0.1, -0.05) is 0 Å². The Hall–Kier alpha value is -0.280. The molecule has 0 rings (SSSR count). The Labute approximate surface area is 191 Å². The second-order valence-corrected chi connectivity index (χ2v) is 5.40. The molecule has 12 N–H and O–H groups in total. The Balaban J connectivity index is -0.000000451. The van der Waals surface area contributed by atoms with Crippen molar-refractivity contribution in [3.63, 3.8) is 0 Å². The molecule has 0 aromatic carbocycles. The Morgan fingerprint density at radius 2 is 0.862 bits per heavy atom. The number of carboxylic acid groups (broad SMARTS) is 2. The van der Waals surface area contributed by atoms with E-state index in [1.807, 2.05) is 0 Å². The van der Waals surface area contributed by atoms with E-state index in [0.29, 0.717) is 0 Å². The first-order valence-electron chi connectivity index (χ1n) is 7.12. The fourth-order valence-corrected chi connectivity index (χ4v) is 1.35. The third-order valence-corrected chi connectivity index (χ3v) is 3.24. The molecule has 0 saturated heterocycles. The van der Waals surface area contributed by atoms with Crippen LogP contribution < -0.4 is 10.2 Å². The Morgan fingerprint density at radius 1 is 0.655 bits per heavy atom. The summed E-state index contributed by atoms with van der Waals surface area (Å²) in [6.07, 6.45) is -13.5. The van der Waals surface area contributed by atoms with Crippen LogP contribution in [0.25, 0.3) is 0 Å². The molecular formula is C12H22CaO16. The van der Waals surface area contributed by atoms with Gasteiger partial charge in [0.2, 0.25) is 11.6 Å². The van der Waals surface area contributed by atoms with Gasteiger partial charge in [0.25, 0.3) is 0 Å². The van der Waals surface area contributed by atoms with Gasteiger partial charge in [0, 0.05) is 0 Å². The van der Waals surface area contributed by atoms with Crippen molar-refractivity contribution < 1.29 is 81.1 Å². The quantitative estimate of drug-likeness (QED) is 0.106. The molecular weight excluding hydrogens is 440 g/mol. The SMILES string of the molecule is O=C([O-])C(O)(O)[C@@H](O)[C@H](O)[C@H](O)CO.O=C([O-])C(O)(O)[C@@H](O)[C@H](O)[C@H](O)CO.[Ca+2]. The first-order valence-corrected chi connectivity index (χ1v) is 7.12. The van der Waals surface area contributed by atoms with E-state index in [1.54, 1.807) is 0 Å². The zero-order valence-corrected chi connectivity index (χ0v) is 16.8. The molecule has 0 fully saturated rings. The minimum Gasteiger partial charge on any atom is -0.544 e. The molecule has 0 saturated carbocycles. The second-order valence-electron chi connectivity index (χ2n) is 5.40. The van der Waals surface area contributed by atoms with E-state index in [0.717, 1.165) is 0 Å². The molecule has 168 valence electrons. The summed E-state index contributed by atoms with van der Waals surface area (Å²) >= 11 is 0. The van der Waals surface area contributed by atoms with Gasteiger partial charge in [0.1, 0.15) is 48.6 Å². The number of carboxylic acids is 2. The number of carbonyl (C=O) groups is 2. The third kappa shape index (κ3) is 9.59. The summed E-state index contributed by atoms with van der Waals surface area (Å²) < 4.78 is 0. The number of rotatable bonds is 10. The largest absolute Gasteiger partial charge is 2.00 e. The molecule has 0 radical (unpaired) electrons. The van der Waals surface area contributed by atoms with Gasteiger partial charge in [0.05, 0.1) is 13.2 Å². The van der Waals surface area contributed by atoms with Crippen LogP contribution in [0.2, 0.25) is 0 Å². The summed E-state index contributed by atoms with van der Waals surface area (Å²) in [4.78, 5) is 20.1. The first kappa shape index (κ1) is 33.4. The van der Waals surface area contributed by atoms with Gasteiger partial charge in [0.15, 0.2) is 0 Å². The van der Waals surface area contributed by atoms with E-state index in [-0.39, 0.29) is 37.7 Å². The van der Waals surface area contributed by atoms with Crippen LogP contribution in [0.5, 0.6) is 0 Å². The van der Waals surface area contributed by atoms with Gasteiger partial charge in [-0.15, -0.1) is 0 Å². The molecule has 17 heteroatoms. The van der Waals surface area contributed by atoms with E-state index in [9.17, 15) is 19.8 Å². The standard InChI is InChI=1S/2C6H12O8.Ca/c2*7-1-2(8)3(9)4(10)6(13,14)5(11)12;/h2*2-4,7-10,13-14H,1H2,(H,11,12);/q;;+2/p-2/t2*2-,3-,4+;/m11./s1. The van der Waals surface area contributed by atoms with Crippen LogP contribution in [0.4, 0.5) is 0 Å². The maximum atomic E-state index is 10.1. The van der Waals surface area contributed by atoms with E-state index in [4.69, 9.17) is 61.3 Å². The third-order valence-electron chi connectivity index (χ3n) is 3.24. The number of aliphatic carboxylic acids is 2. The first-order chi connectivity index (χ1) is 12.5. The van der Waals surface area contributed by atoms with Crippen molar-refractivity contribution in [1.29, 1.82) is 0 Å². The van der Waals surface area contributed by atoms with Gasteiger partial charge < -0.3 is 81.1 Å². The average Bonchev–Trinajstić information content (AvgIpc) is 2.63. The Kier molecular flexibility index (Phi) is 16.0. The van der Waals surface area contributed by atoms with Gasteiger partial charge in [-0.25, -0.2) is 0 Å². The molecule has 0 unspecified atom stereocenters. The topological polar surface area (TPSA) is 323 Å². The number of aliphatic hydroxyl groups excluding tert-OH is 8. The molecule has 0 spiro atoms. The second kappa shape index (κ2) is 13.9. The molecule has 6 atom stereocenters. The van der Waals surface area contributed by atoms with Crippen molar-refractivity contribution in [2.45, 2.75) is 48.2 Å². The maximum Gasteiger partial charge on any atom is 2.00 e. The van der Waals surface area contributed by atoms with Crippen LogP contribution in [0.15, 0.2) is 0 Å². The number of hydrogen-bond acceptors (Lipinski definition) is 16. The summed E-state index contributed by atoms with van der Waals surface area (Å²) in [6.45, 7) is -1.97. The van der Waals surface area contributed by atoms with Crippen molar-refractivity contribution in [3.8, 4) is 0 Å². The van der Waals surface area contributed by atoms with Crippen LogP contribution in [-0.4, -0.2) is 172 Å². The summed E-state index contributed by atoms with van der Waals surface area (Å²) in [5.41, 5.74) is 0. The van der Waals surface area contributed by atoms with Gasteiger partial charge >= 0.3 is 37.7 Å². The van der Waals surface area contributed by atoms with E-state index in [1.165, 1.54) is 0 Å².